The highest BCUT2D eigenvalue weighted by Gasteiger charge is 2.31. The van der Waals surface area contributed by atoms with Gasteiger partial charge in [0, 0.05) is 26.2 Å². The molecule has 0 radical (unpaired) electrons. The fourth-order valence-corrected chi connectivity index (χ4v) is 4.59. The molecule has 1 amide bonds. The Balaban J connectivity index is 1.54. The molecule has 0 bridgehead atoms. The number of rotatable bonds is 6. The molecule has 2 aromatic rings. The van der Waals surface area contributed by atoms with Crippen LogP contribution in [0.15, 0.2) is 59.5 Å². The fraction of sp³-hybridized carbons (Fsp3) is 0.300. The van der Waals surface area contributed by atoms with Gasteiger partial charge < -0.3 is 9.64 Å². The van der Waals surface area contributed by atoms with E-state index in [9.17, 15) is 13.2 Å². The van der Waals surface area contributed by atoms with E-state index in [0.29, 0.717) is 19.7 Å². The van der Waals surface area contributed by atoms with Crippen molar-refractivity contribution in [2.75, 3.05) is 32.8 Å². The van der Waals surface area contributed by atoms with Gasteiger partial charge in [0.2, 0.25) is 15.9 Å². The summed E-state index contributed by atoms with van der Waals surface area (Å²) in [5, 5.41) is 9.16. The lowest BCUT2D eigenvalue weighted by Gasteiger charge is -2.34. The number of hydrogen-bond donors (Lipinski definition) is 0. The zero-order chi connectivity index (χ0) is 20.0. The minimum absolute atomic E-state index is 0.00321. The second-order valence-corrected chi connectivity index (χ2v) is 8.28. The topological polar surface area (TPSA) is 90.7 Å². The first-order valence-electron chi connectivity index (χ1n) is 8.91. The van der Waals surface area contributed by atoms with Gasteiger partial charge in [0.15, 0.2) is 0 Å². The van der Waals surface area contributed by atoms with Crippen LogP contribution in [0.5, 0.6) is 0 Å². The Morgan fingerprint density at radius 2 is 1.64 bits per heavy atom. The number of carbonyl (C=O) groups excluding carboxylic acids is 1. The third kappa shape index (κ3) is 4.57. The van der Waals surface area contributed by atoms with Crippen molar-refractivity contribution in [3.63, 3.8) is 0 Å². The van der Waals surface area contributed by atoms with E-state index in [0.717, 1.165) is 5.56 Å². The first-order chi connectivity index (χ1) is 13.5. The third-order valence-electron chi connectivity index (χ3n) is 4.55. The molecule has 3 rings (SSSR count). The molecule has 0 aliphatic carbocycles. The Bertz CT molecular complexity index is 962. The smallest absolute Gasteiger partial charge is 0.248 e. The van der Waals surface area contributed by atoms with Crippen LogP contribution in [0.4, 0.5) is 0 Å². The first-order valence-corrected chi connectivity index (χ1v) is 10.3. The largest absolute Gasteiger partial charge is 0.367 e. The van der Waals surface area contributed by atoms with Crippen LogP contribution >= 0.6 is 0 Å². The van der Waals surface area contributed by atoms with Crippen LogP contribution in [0.2, 0.25) is 0 Å². The molecule has 7 nitrogen and oxygen atoms in total. The molecule has 0 spiro atoms. The van der Waals surface area contributed by atoms with Gasteiger partial charge in [0.05, 0.1) is 17.1 Å². The molecule has 2 aromatic carbocycles. The molecule has 1 saturated heterocycles. The number of sulfonamides is 1. The Morgan fingerprint density at radius 3 is 2.32 bits per heavy atom. The summed E-state index contributed by atoms with van der Waals surface area (Å²) in [6.07, 6.45) is 0. The summed E-state index contributed by atoms with van der Waals surface area (Å²) in [5.41, 5.74) is 1.11. The highest BCUT2D eigenvalue weighted by atomic mass is 32.2. The van der Waals surface area contributed by atoms with Crippen LogP contribution in [0.3, 0.4) is 0 Å². The van der Waals surface area contributed by atoms with E-state index >= 15 is 0 Å². The zero-order valence-electron chi connectivity index (χ0n) is 15.3. The Labute approximate surface area is 164 Å². The summed E-state index contributed by atoms with van der Waals surface area (Å²) in [6, 6.07) is 17.6. The van der Waals surface area contributed by atoms with Gasteiger partial charge in [-0.1, -0.05) is 42.5 Å². The van der Waals surface area contributed by atoms with E-state index in [2.05, 4.69) is 0 Å². The van der Waals surface area contributed by atoms with Crippen LogP contribution < -0.4 is 0 Å². The highest BCUT2D eigenvalue weighted by Crippen LogP contribution is 2.21. The van der Waals surface area contributed by atoms with E-state index in [1.165, 1.54) is 16.4 Å². The molecular weight excluding hydrogens is 378 g/mol. The zero-order valence-corrected chi connectivity index (χ0v) is 16.1. The average molecular weight is 399 g/mol. The van der Waals surface area contributed by atoms with Gasteiger partial charge >= 0.3 is 0 Å². The molecule has 0 unspecified atom stereocenters. The van der Waals surface area contributed by atoms with E-state index in [-0.39, 0.29) is 36.1 Å². The highest BCUT2D eigenvalue weighted by molar-refractivity contribution is 7.89. The Kier molecular flexibility index (Phi) is 6.41. The maximum absolute atomic E-state index is 12.8. The van der Waals surface area contributed by atoms with Gasteiger partial charge in [-0.05, 0) is 17.7 Å². The lowest BCUT2D eigenvalue weighted by Crippen LogP contribution is -2.51. The average Bonchev–Trinajstić information content (AvgIpc) is 2.74. The molecular formula is C20H21N3O4S. The first kappa shape index (κ1) is 20.0. The van der Waals surface area contributed by atoms with Crippen molar-refractivity contribution in [3.05, 3.63) is 65.7 Å². The molecule has 28 heavy (non-hydrogen) atoms. The van der Waals surface area contributed by atoms with Crippen molar-refractivity contribution in [1.29, 1.82) is 5.26 Å². The Hall–Kier alpha value is -2.73. The number of ether oxygens (including phenoxy) is 1. The van der Waals surface area contributed by atoms with Crippen molar-refractivity contribution in [2.45, 2.75) is 11.5 Å². The van der Waals surface area contributed by atoms with Crippen molar-refractivity contribution < 1.29 is 17.9 Å². The van der Waals surface area contributed by atoms with E-state index < -0.39 is 10.0 Å². The van der Waals surface area contributed by atoms with Gasteiger partial charge in [-0.15, -0.1) is 0 Å². The van der Waals surface area contributed by atoms with Crippen LogP contribution in [0.25, 0.3) is 0 Å². The monoisotopic (exact) mass is 399 g/mol. The fourth-order valence-electron chi connectivity index (χ4n) is 3.02. The SMILES string of the molecule is N#Cc1ccccc1S(=O)(=O)N1CCN(C(=O)COCc2ccccc2)CC1. The van der Waals surface area contributed by atoms with Crippen LogP contribution in [0, 0.1) is 11.3 Å². The number of nitrogens with zero attached hydrogens (tertiary/aromatic N) is 3. The summed E-state index contributed by atoms with van der Waals surface area (Å²) in [4.78, 5) is 13.9. The minimum atomic E-state index is -3.77. The van der Waals surface area contributed by atoms with E-state index in [1.807, 2.05) is 36.4 Å². The summed E-state index contributed by atoms with van der Waals surface area (Å²) in [5.74, 6) is -0.162. The number of amides is 1. The van der Waals surface area contributed by atoms with Gasteiger partial charge in [0.1, 0.15) is 12.7 Å². The van der Waals surface area contributed by atoms with E-state index in [1.54, 1.807) is 17.0 Å². The quantitative estimate of drug-likeness (QED) is 0.736. The predicted octanol–water partition coefficient (Wildman–Crippen LogP) is 1.61. The number of hydrogen-bond acceptors (Lipinski definition) is 5. The summed E-state index contributed by atoms with van der Waals surface area (Å²) < 4.78 is 32.4. The van der Waals surface area contributed by atoms with Gasteiger partial charge in [0.25, 0.3) is 0 Å². The van der Waals surface area contributed by atoms with Gasteiger partial charge in [-0.2, -0.15) is 9.57 Å². The number of benzene rings is 2. The molecule has 146 valence electrons. The molecule has 0 atom stereocenters. The van der Waals surface area contributed by atoms with Crippen LogP contribution in [-0.2, 0) is 26.2 Å². The van der Waals surface area contributed by atoms with Crippen molar-refractivity contribution in [2.24, 2.45) is 0 Å². The van der Waals surface area contributed by atoms with Crippen LogP contribution in [-0.4, -0.2) is 56.3 Å². The second-order valence-electron chi connectivity index (χ2n) is 6.37. The normalized spacial score (nSPS) is 15.2. The molecule has 8 heteroatoms. The van der Waals surface area contributed by atoms with Gasteiger partial charge in [-0.25, -0.2) is 8.42 Å². The summed E-state index contributed by atoms with van der Waals surface area (Å²) >= 11 is 0. The maximum atomic E-state index is 12.8. The molecule has 1 aliphatic rings. The predicted molar refractivity (Wildman–Crippen MR) is 103 cm³/mol. The van der Waals surface area contributed by atoms with Crippen molar-refractivity contribution in [1.82, 2.24) is 9.21 Å². The number of carbonyl (C=O) groups is 1. The molecule has 1 heterocycles. The summed E-state index contributed by atoms with van der Waals surface area (Å²) in [6.45, 7) is 1.27. The second kappa shape index (κ2) is 8.97. The van der Waals surface area contributed by atoms with Crippen LogP contribution in [0.1, 0.15) is 11.1 Å². The molecule has 0 aromatic heterocycles. The number of nitriles is 1. The number of piperazine rings is 1. The minimum Gasteiger partial charge on any atom is -0.367 e. The Morgan fingerprint density at radius 1 is 1.00 bits per heavy atom. The lowest BCUT2D eigenvalue weighted by molar-refractivity contribution is -0.137. The molecule has 1 fully saturated rings. The summed E-state index contributed by atoms with van der Waals surface area (Å²) in [7, 11) is -3.77. The molecule has 0 N–H and O–H groups in total. The van der Waals surface area contributed by atoms with Crippen molar-refractivity contribution >= 4 is 15.9 Å². The van der Waals surface area contributed by atoms with E-state index in [4.69, 9.17) is 10.00 Å². The molecule has 0 saturated carbocycles. The lowest BCUT2D eigenvalue weighted by atomic mass is 10.2. The standard InChI is InChI=1S/C20H21N3O4S/c21-14-18-8-4-5-9-19(18)28(25,26)23-12-10-22(11-13-23)20(24)16-27-15-17-6-2-1-3-7-17/h1-9H,10-13,15-16H2. The maximum Gasteiger partial charge on any atom is 0.248 e. The van der Waals surface area contributed by atoms with Crippen molar-refractivity contribution in [3.8, 4) is 6.07 Å². The third-order valence-corrected chi connectivity index (χ3v) is 6.51. The van der Waals surface area contributed by atoms with Gasteiger partial charge in [-0.3, -0.25) is 4.79 Å². The molecule has 1 aliphatic heterocycles.